The number of amides is 1. The number of carbonyl (C=O) groups is 2. The molecule has 0 bridgehead atoms. The number of nitrogens with one attached hydrogen (secondary N) is 1. The number of hydrogen-bond acceptors (Lipinski definition) is 2. The molecule has 1 amide bonds. The molecule has 0 unspecified atom stereocenters. The van der Waals surface area contributed by atoms with Crippen LogP contribution >= 0.6 is 0 Å². The molecule has 0 radical (unpaired) electrons. The molecule has 0 saturated heterocycles. The maximum atomic E-state index is 11.3. The highest BCUT2D eigenvalue weighted by atomic mass is 16.4. The molecule has 0 fully saturated rings. The maximum absolute atomic E-state index is 11.3. The molecule has 0 spiro atoms. The average molecular weight is 283 g/mol. The second-order valence-corrected chi connectivity index (χ2v) is 4.82. The van der Waals surface area contributed by atoms with Gasteiger partial charge in [0.1, 0.15) is 6.04 Å². The van der Waals surface area contributed by atoms with Crippen LogP contribution in [0.4, 0.5) is 0 Å². The average Bonchev–Trinajstić information content (AvgIpc) is 2.47. The van der Waals surface area contributed by atoms with Crippen molar-refractivity contribution >= 4 is 11.9 Å². The van der Waals surface area contributed by atoms with Crippen molar-refractivity contribution in [1.82, 2.24) is 5.32 Å². The van der Waals surface area contributed by atoms with Gasteiger partial charge in [-0.05, 0) is 16.7 Å². The van der Waals surface area contributed by atoms with Gasteiger partial charge in [0.05, 0.1) is 0 Å². The molecular weight excluding hydrogens is 266 g/mol. The lowest BCUT2D eigenvalue weighted by molar-refractivity contribution is -0.141. The minimum Gasteiger partial charge on any atom is -0.480 e. The van der Waals surface area contributed by atoms with Crippen molar-refractivity contribution in [1.29, 1.82) is 0 Å². The van der Waals surface area contributed by atoms with Crippen molar-refractivity contribution in [3.63, 3.8) is 0 Å². The van der Waals surface area contributed by atoms with Crippen molar-refractivity contribution in [2.24, 2.45) is 0 Å². The molecule has 0 saturated carbocycles. The normalized spacial score (nSPS) is 11.7. The Labute approximate surface area is 123 Å². The number of carboxylic acids is 1. The lowest BCUT2D eigenvalue weighted by Crippen LogP contribution is -2.41. The van der Waals surface area contributed by atoms with Gasteiger partial charge in [0.25, 0.3) is 0 Å². The summed E-state index contributed by atoms with van der Waals surface area (Å²) in [6.07, 6.45) is 0.250. The van der Waals surface area contributed by atoms with Crippen LogP contribution in [0.25, 0.3) is 11.1 Å². The van der Waals surface area contributed by atoms with Crippen LogP contribution in [-0.4, -0.2) is 23.0 Å². The smallest absolute Gasteiger partial charge is 0.326 e. The van der Waals surface area contributed by atoms with E-state index in [0.29, 0.717) is 0 Å². The van der Waals surface area contributed by atoms with Gasteiger partial charge in [0.15, 0.2) is 0 Å². The number of carbonyl (C=O) groups excluding carboxylic acids is 1. The fraction of sp³-hybridized carbons (Fsp3) is 0.176. The van der Waals surface area contributed by atoms with Crippen molar-refractivity contribution in [2.45, 2.75) is 19.4 Å². The van der Waals surface area contributed by atoms with Gasteiger partial charge in [-0.1, -0.05) is 54.6 Å². The third-order valence-corrected chi connectivity index (χ3v) is 3.20. The van der Waals surface area contributed by atoms with E-state index in [1.54, 1.807) is 0 Å². The van der Waals surface area contributed by atoms with Crippen LogP contribution in [0.15, 0.2) is 54.6 Å². The van der Waals surface area contributed by atoms with Crippen LogP contribution in [0.1, 0.15) is 12.5 Å². The fourth-order valence-corrected chi connectivity index (χ4v) is 2.26. The zero-order chi connectivity index (χ0) is 15.2. The van der Waals surface area contributed by atoms with E-state index in [1.165, 1.54) is 6.92 Å². The van der Waals surface area contributed by atoms with E-state index in [1.807, 2.05) is 54.6 Å². The highest BCUT2D eigenvalue weighted by molar-refractivity contribution is 5.82. The molecule has 108 valence electrons. The van der Waals surface area contributed by atoms with Crippen LogP contribution in [0.5, 0.6) is 0 Å². The first-order valence-corrected chi connectivity index (χ1v) is 6.71. The molecule has 0 heterocycles. The monoisotopic (exact) mass is 283 g/mol. The third kappa shape index (κ3) is 3.92. The van der Waals surface area contributed by atoms with E-state index in [2.05, 4.69) is 5.32 Å². The molecule has 0 aromatic heterocycles. The van der Waals surface area contributed by atoms with Gasteiger partial charge < -0.3 is 10.4 Å². The van der Waals surface area contributed by atoms with Crippen LogP contribution in [0.2, 0.25) is 0 Å². The van der Waals surface area contributed by atoms with Crippen molar-refractivity contribution in [3.05, 3.63) is 60.2 Å². The van der Waals surface area contributed by atoms with E-state index in [4.69, 9.17) is 0 Å². The fourth-order valence-electron chi connectivity index (χ4n) is 2.26. The summed E-state index contributed by atoms with van der Waals surface area (Å²) in [5.74, 6) is -1.38. The highest BCUT2D eigenvalue weighted by Gasteiger charge is 2.20. The molecule has 2 N–H and O–H groups in total. The van der Waals surface area contributed by atoms with E-state index < -0.39 is 12.0 Å². The molecule has 2 aromatic carbocycles. The van der Waals surface area contributed by atoms with Gasteiger partial charge in [-0.3, -0.25) is 4.79 Å². The third-order valence-electron chi connectivity index (χ3n) is 3.20. The van der Waals surface area contributed by atoms with Gasteiger partial charge in [-0.2, -0.15) is 0 Å². The van der Waals surface area contributed by atoms with Crippen LogP contribution in [0.3, 0.4) is 0 Å². The summed E-state index contributed by atoms with van der Waals surface area (Å²) >= 11 is 0. The topological polar surface area (TPSA) is 66.4 Å². The quantitative estimate of drug-likeness (QED) is 0.886. The Kier molecular flexibility index (Phi) is 4.72. The Balaban J connectivity index is 2.32. The molecule has 4 heteroatoms. The second kappa shape index (κ2) is 6.70. The van der Waals surface area contributed by atoms with E-state index in [9.17, 15) is 14.7 Å². The number of aliphatic carboxylic acids is 1. The molecule has 2 rings (SSSR count). The summed E-state index contributed by atoms with van der Waals surface area (Å²) in [5.41, 5.74) is 2.90. The molecular formula is C17H17NO3. The lowest BCUT2D eigenvalue weighted by atomic mass is 9.95. The van der Waals surface area contributed by atoms with E-state index in [-0.39, 0.29) is 12.3 Å². The summed E-state index contributed by atoms with van der Waals surface area (Å²) in [6.45, 7) is 1.32. The minimum atomic E-state index is -1.03. The SMILES string of the molecule is CC(=O)N[C@H](Cc1ccccc1-c1ccccc1)C(=O)O. The zero-order valence-electron chi connectivity index (χ0n) is 11.7. The molecule has 4 nitrogen and oxygen atoms in total. The molecule has 21 heavy (non-hydrogen) atoms. The highest BCUT2D eigenvalue weighted by Crippen LogP contribution is 2.24. The molecule has 0 aliphatic rings. The summed E-state index contributed by atoms with van der Waals surface area (Å²) < 4.78 is 0. The summed E-state index contributed by atoms with van der Waals surface area (Å²) in [6, 6.07) is 16.5. The first-order chi connectivity index (χ1) is 10.1. The van der Waals surface area contributed by atoms with Crippen molar-refractivity contribution < 1.29 is 14.7 Å². The number of rotatable bonds is 5. The van der Waals surface area contributed by atoms with Gasteiger partial charge in [0, 0.05) is 13.3 Å². The Morgan fingerprint density at radius 3 is 2.29 bits per heavy atom. The first kappa shape index (κ1) is 14.8. The number of hydrogen-bond donors (Lipinski definition) is 2. The Morgan fingerprint density at radius 2 is 1.67 bits per heavy atom. The predicted octanol–water partition coefficient (Wildman–Crippen LogP) is 2.49. The standard InChI is InChI=1S/C17H17NO3/c1-12(19)18-16(17(20)21)11-14-9-5-6-10-15(14)13-7-3-2-4-8-13/h2-10,16H,11H2,1H3,(H,18,19)(H,20,21)/t16-/m1/s1. The zero-order valence-corrected chi connectivity index (χ0v) is 11.7. The Hall–Kier alpha value is -2.62. The molecule has 2 aromatic rings. The molecule has 1 atom stereocenters. The second-order valence-electron chi connectivity index (χ2n) is 4.82. The predicted molar refractivity (Wildman–Crippen MR) is 80.8 cm³/mol. The summed E-state index contributed by atoms with van der Waals surface area (Å²) in [7, 11) is 0. The van der Waals surface area contributed by atoms with Gasteiger partial charge in [-0.15, -0.1) is 0 Å². The van der Waals surface area contributed by atoms with E-state index in [0.717, 1.165) is 16.7 Å². The first-order valence-electron chi connectivity index (χ1n) is 6.71. The summed E-state index contributed by atoms with van der Waals surface area (Å²) in [4.78, 5) is 22.4. The Bertz CT molecular complexity index is 637. The lowest BCUT2D eigenvalue weighted by Gasteiger charge is -2.16. The van der Waals surface area contributed by atoms with Gasteiger partial charge in [-0.25, -0.2) is 4.79 Å². The Morgan fingerprint density at radius 1 is 1.05 bits per heavy atom. The largest absolute Gasteiger partial charge is 0.480 e. The van der Waals surface area contributed by atoms with Gasteiger partial charge >= 0.3 is 5.97 Å². The summed E-state index contributed by atoms with van der Waals surface area (Å²) in [5, 5.41) is 11.7. The van der Waals surface area contributed by atoms with Crippen LogP contribution < -0.4 is 5.32 Å². The number of carboxylic acid groups (broad SMARTS) is 1. The van der Waals surface area contributed by atoms with Crippen molar-refractivity contribution in [2.75, 3.05) is 0 Å². The molecule has 0 aliphatic heterocycles. The van der Waals surface area contributed by atoms with E-state index >= 15 is 0 Å². The minimum absolute atomic E-state index is 0.250. The number of benzene rings is 2. The van der Waals surface area contributed by atoms with Crippen LogP contribution in [0, 0.1) is 0 Å². The maximum Gasteiger partial charge on any atom is 0.326 e. The van der Waals surface area contributed by atoms with Crippen molar-refractivity contribution in [3.8, 4) is 11.1 Å². The van der Waals surface area contributed by atoms with Gasteiger partial charge in [0.2, 0.25) is 5.91 Å². The van der Waals surface area contributed by atoms with Crippen LogP contribution in [-0.2, 0) is 16.0 Å². The molecule has 0 aliphatic carbocycles.